The predicted molar refractivity (Wildman–Crippen MR) is 122 cm³/mol. The van der Waals surface area contributed by atoms with Crippen LogP contribution in [0.4, 0.5) is 24.5 Å². The summed E-state index contributed by atoms with van der Waals surface area (Å²) in [6.45, 7) is 5.41. The van der Waals surface area contributed by atoms with Gasteiger partial charge in [0.15, 0.2) is 0 Å². The Kier molecular flexibility index (Phi) is 5.97. The third kappa shape index (κ3) is 4.55. The molecule has 1 fully saturated rings. The Bertz CT molecular complexity index is 1220. The molecule has 9 heteroatoms. The van der Waals surface area contributed by atoms with Crippen molar-refractivity contribution in [2.24, 2.45) is 5.41 Å². The van der Waals surface area contributed by atoms with E-state index in [1.54, 1.807) is 17.3 Å². The summed E-state index contributed by atoms with van der Waals surface area (Å²) in [6.07, 6.45) is -1.32. The Balaban J connectivity index is 1.71. The summed E-state index contributed by atoms with van der Waals surface area (Å²) >= 11 is 0. The van der Waals surface area contributed by atoms with Gasteiger partial charge in [0.05, 0.1) is 11.0 Å². The summed E-state index contributed by atoms with van der Waals surface area (Å²) in [5.41, 5.74) is 0.886. The van der Waals surface area contributed by atoms with Gasteiger partial charge in [-0.25, -0.2) is 4.98 Å². The lowest BCUT2D eigenvalue weighted by Crippen LogP contribution is -2.41. The van der Waals surface area contributed by atoms with Crippen LogP contribution in [0.15, 0.2) is 48.8 Å². The van der Waals surface area contributed by atoms with E-state index in [4.69, 9.17) is 0 Å². The molecule has 1 atom stereocenters. The van der Waals surface area contributed by atoms with Gasteiger partial charge in [0.2, 0.25) is 11.8 Å². The van der Waals surface area contributed by atoms with Crippen molar-refractivity contribution < 1.29 is 22.8 Å². The van der Waals surface area contributed by atoms with E-state index < -0.39 is 23.1 Å². The van der Waals surface area contributed by atoms with E-state index in [9.17, 15) is 22.8 Å². The second kappa shape index (κ2) is 8.62. The highest BCUT2D eigenvalue weighted by molar-refractivity contribution is 6.06. The molecule has 1 saturated heterocycles. The Labute approximate surface area is 195 Å². The summed E-state index contributed by atoms with van der Waals surface area (Å²) in [4.78, 5) is 35.6. The van der Waals surface area contributed by atoms with E-state index in [1.807, 2.05) is 32.0 Å². The highest BCUT2D eigenvalue weighted by atomic mass is 19.4. The van der Waals surface area contributed by atoms with Gasteiger partial charge in [-0.3, -0.25) is 9.59 Å². The molecule has 2 heterocycles. The second-order valence-electron chi connectivity index (χ2n) is 8.93. The number of hydrogen-bond acceptors (Lipinski definition) is 3. The molecule has 0 bridgehead atoms. The third-order valence-corrected chi connectivity index (χ3v) is 6.17. The van der Waals surface area contributed by atoms with Crippen molar-refractivity contribution in [2.45, 2.75) is 39.8 Å². The van der Waals surface area contributed by atoms with Crippen LogP contribution in [0.1, 0.15) is 34.5 Å². The fourth-order valence-corrected chi connectivity index (χ4v) is 4.62. The van der Waals surface area contributed by atoms with Crippen molar-refractivity contribution in [3.8, 4) is 0 Å². The zero-order valence-corrected chi connectivity index (χ0v) is 19.1. The van der Waals surface area contributed by atoms with E-state index in [1.165, 1.54) is 13.0 Å². The van der Waals surface area contributed by atoms with E-state index in [-0.39, 0.29) is 31.0 Å². The minimum absolute atomic E-state index is 0.0362. The van der Waals surface area contributed by atoms with Gasteiger partial charge in [-0.05, 0) is 55.7 Å². The van der Waals surface area contributed by atoms with Crippen molar-refractivity contribution in [3.05, 3.63) is 76.9 Å². The van der Waals surface area contributed by atoms with Gasteiger partial charge in [-0.15, -0.1) is 0 Å². The number of amides is 2. The van der Waals surface area contributed by atoms with Gasteiger partial charge >= 0.3 is 6.18 Å². The lowest BCUT2D eigenvalue weighted by molar-refractivity contribution is -0.137. The molecule has 1 aromatic heterocycles. The number of H-pyrrole nitrogens is 1. The molecular formula is C25H25F3N4O2. The Morgan fingerprint density at radius 1 is 1.18 bits per heavy atom. The molecule has 2 N–H and O–H groups in total. The standard InChI is InChI=1S/C25H25F3N4O2/c1-15-9-18(25(26,27)28)11-19(10-15)31-23(34)24(12-20-29-7-8-30-20)13-21(33)32(14-24)22-16(2)5-4-6-17(22)3/h4-11H,12-14H2,1-3H3,(H,29,30)(H,31,34). The number of imidazole rings is 1. The number of para-hydroxylation sites is 1. The summed E-state index contributed by atoms with van der Waals surface area (Å²) < 4.78 is 39.9. The lowest BCUT2D eigenvalue weighted by atomic mass is 9.81. The van der Waals surface area contributed by atoms with E-state index in [0.29, 0.717) is 11.4 Å². The fraction of sp³-hybridized carbons (Fsp3) is 0.320. The van der Waals surface area contributed by atoms with E-state index in [0.717, 1.165) is 28.9 Å². The number of alkyl halides is 3. The fourth-order valence-electron chi connectivity index (χ4n) is 4.62. The summed E-state index contributed by atoms with van der Waals surface area (Å²) in [6, 6.07) is 9.10. The highest BCUT2D eigenvalue weighted by Crippen LogP contribution is 2.40. The summed E-state index contributed by atoms with van der Waals surface area (Å²) in [7, 11) is 0. The van der Waals surface area contributed by atoms with Crippen LogP contribution in [0.5, 0.6) is 0 Å². The number of aryl methyl sites for hydroxylation is 3. The number of rotatable bonds is 5. The van der Waals surface area contributed by atoms with Crippen molar-refractivity contribution in [1.29, 1.82) is 0 Å². The lowest BCUT2D eigenvalue weighted by Gasteiger charge is -2.28. The van der Waals surface area contributed by atoms with Gasteiger partial charge in [-0.1, -0.05) is 18.2 Å². The number of aromatic amines is 1. The van der Waals surface area contributed by atoms with Gasteiger partial charge in [-0.2, -0.15) is 13.2 Å². The molecule has 1 aliphatic rings. The van der Waals surface area contributed by atoms with Gasteiger partial charge in [0.1, 0.15) is 5.82 Å². The van der Waals surface area contributed by atoms with E-state index in [2.05, 4.69) is 15.3 Å². The number of benzene rings is 2. The van der Waals surface area contributed by atoms with Crippen molar-refractivity contribution >= 4 is 23.2 Å². The maximum absolute atomic E-state index is 13.6. The maximum atomic E-state index is 13.6. The number of hydrogen-bond donors (Lipinski definition) is 2. The minimum atomic E-state index is -4.54. The molecule has 0 spiro atoms. The van der Waals surface area contributed by atoms with Gasteiger partial charge in [0, 0.05) is 43.2 Å². The minimum Gasteiger partial charge on any atom is -0.349 e. The zero-order chi connectivity index (χ0) is 24.7. The van der Waals surface area contributed by atoms with E-state index >= 15 is 0 Å². The monoisotopic (exact) mass is 470 g/mol. The predicted octanol–water partition coefficient (Wildman–Crippen LogP) is 4.96. The topological polar surface area (TPSA) is 78.1 Å². The second-order valence-corrected chi connectivity index (χ2v) is 8.93. The third-order valence-electron chi connectivity index (χ3n) is 6.17. The van der Waals surface area contributed by atoms with Crippen LogP contribution in [0.2, 0.25) is 0 Å². The van der Waals surface area contributed by atoms with Crippen LogP contribution in [0, 0.1) is 26.2 Å². The quantitative estimate of drug-likeness (QED) is 0.553. The number of anilines is 2. The van der Waals surface area contributed by atoms with Crippen LogP contribution in [-0.2, 0) is 22.2 Å². The van der Waals surface area contributed by atoms with Gasteiger partial charge in [0.25, 0.3) is 0 Å². The molecule has 1 aliphatic heterocycles. The number of carbonyl (C=O) groups excluding carboxylic acids is 2. The molecule has 0 aliphatic carbocycles. The molecule has 6 nitrogen and oxygen atoms in total. The van der Waals surface area contributed by atoms with Crippen LogP contribution < -0.4 is 10.2 Å². The first kappa shape index (κ1) is 23.5. The summed E-state index contributed by atoms with van der Waals surface area (Å²) in [5.74, 6) is -0.226. The van der Waals surface area contributed by atoms with Crippen molar-refractivity contribution in [3.63, 3.8) is 0 Å². The molecular weight excluding hydrogens is 445 g/mol. The smallest absolute Gasteiger partial charge is 0.349 e. The molecule has 178 valence electrons. The average molecular weight is 470 g/mol. The number of aromatic nitrogens is 2. The Hall–Kier alpha value is -3.62. The first-order valence-electron chi connectivity index (χ1n) is 10.8. The van der Waals surface area contributed by atoms with Crippen molar-refractivity contribution in [2.75, 3.05) is 16.8 Å². The largest absolute Gasteiger partial charge is 0.416 e. The van der Waals surface area contributed by atoms with Crippen LogP contribution in [0.3, 0.4) is 0 Å². The summed E-state index contributed by atoms with van der Waals surface area (Å²) in [5, 5.41) is 2.65. The number of halogens is 3. The molecule has 3 aromatic rings. The highest BCUT2D eigenvalue weighted by Gasteiger charge is 2.50. The Morgan fingerprint density at radius 2 is 1.88 bits per heavy atom. The molecule has 1 unspecified atom stereocenters. The number of carbonyl (C=O) groups is 2. The van der Waals surface area contributed by atoms with Crippen LogP contribution >= 0.6 is 0 Å². The zero-order valence-electron chi connectivity index (χ0n) is 19.1. The first-order valence-corrected chi connectivity index (χ1v) is 10.8. The SMILES string of the molecule is Cc1cc(NC(=O)C2(Cc3ncc[nH]3)CC(=O)N(c3c(C)cccc3C)C2)cc(C(F)(F)F)c1. The maximum Gasteiger partial charge on any atom is 0.416 e. The first-order chi connectivity index (χ1) is 16.0. The molecule has 34 heavy (non-hydrogen) atoms. The molecule has 2 amide bonds. The molecule has 2 aromatic carbocycles. The molecule has 0 saturated carbocycles. The number of nitrogens with one attached hydrogen (secondary N) is 2. The van der Waals surface area contributed by atoms with Crippen LogP contribution in [-0.4, -0.2) is 28.3 Å². The Morgan fingerprint density at radius 3 is 2.50 bits per heavy atom. The molecule has 4 rings (SSSR count). The average Bonchev–Trinajstić information content (AvgIpc) is 3.35. The van der Waals surface area contributed by atoms with Gasteiger partial charge < -0.3 is 15.2 Å². The van der Waals surface area contributed by atoms with Crippen molar-refractivity contribution in [1.82, 2.24) is 9.97 Å². The number of nitrogens with zero attached hydrogens (tertiary/aromatic N) is 2. The normalized spacial score (nSPS) is 18.4. The molecule has 0 radical (unpaired) electrons. The van der Waals surface area contributed by atoms with Crippen LogP contribution in [0.25, 0.3) is 0 Å².